The monoisotopic (exact) mass is 481 g/mol. The highest BCUT2D eigenvalue weighted by molar-refractivity contribution is 7.91. The molecular weight excluding hydrogens is 462 g/mol. The number of anilines is 1. The standard InChI is InChI=1S/C24H20ClN3O4S/c1-15-8-10-17(12-20(15)25)27-22(29)14-28-13-21(33(31,32)18-6-4-3-5-7-18)23(30)19-11-9-16(2)26-24(19)28/h3-13H,14H2,1-2H3,(H,27,29). The lowest BCUT2D eigenvalue weighted by Crippen LogP contribution is -2.24. The first kappa shape index (κ1) is 22.7. The van der Waals surface area contributed by atoms with Crippen molar-refractivity contribution in [2.45, 2.75) is 30.2 Å². The van der Waals surface area contributed by atoms with E-state index in [1.54, 1.807) is 49.4 Å². The Balaban J connectivity index is 1.81. The van der Waals surface area contributed by atoms with Crippen LogP contribution in [0.4, 0.5) is 5.69 Å². The predicted molar refractivity (Wildman–Crippen MR) is 127 cm³/mol. The Morgan fingerprint density at radius 1 is 1.06 bits per heavy atom. The van der Waals surface area contributed by atoms with Crippen LogP contribution in [0.5, 0.6) is 0 Å². The normalized spacial score (nSPS) is 11.5. The minimum atomic E-state index is -4.11. The lowest BCUT2D eigenvalue weighted by atomic mass is 10.2. The Hall–Kier alpha value is -3.49. The number of nitrogens with one attached hydrogen (secondary N) is 1. The molecule has 4 rings (SSSR count). The van der Waals surface area contributed by atoms with Gasteiger partial charge in [-0.3, -0.25) is 9.59 Å². The highest BCUT2D eigenvalue weighted by Gasteiger charge is 2.24. The second-order valence-corrected chi connectivity index (χ2v) is 9.93. The molecule has 0 bridgehead atoms. The van der Waals surface area contributed by atoms with Gasteiger partial charge in [0.05, 0.1) is 10.3 Å². The number of benzene rings is 2. The molecule has 2 aromatic heterocycles. The molecule has 0 fully saturated rings. The molecular formula is C24H20ClN3O4S. The molecule has 0 atom stereocenters. The number of hydrogen-bond donors (Lipinski definition) is 1. The highest BCUT2D eigenvalue weighted by atomic mass is 35.5. The zero-order chi connectivity index (χ0) is 23.8. The van der Waals surface area contributed by atoms with Crippen molar-refractivity contribution in [2.24, 2.45) is 0 Å². The number of aromatic nitrogens is 2. The molecule has 9 heteroatoms. The molecule has 1 N–H and O–H groups in total. The van der Waals surface area contributed by atoms with E-state index in [4.69, 9.17) is 11.6 Å². The van der Waals surface area contributed by atoms with Crippen molar-refractivity contribution in [3.05, 3.63) is 93.4 Å². The van der Waals surface area contributed by atoms with Crippen LogP contribution < -0.4 is 10.7 Å². The molecule has 0 unspecified atom stereocenters. The van der Waals surface area contributed by atoms with Crippen LogP contribution in [0, 0.1) is 13.8 Å². The number of rotatable bonds is 5. The molecule has 168 valence electrons. The number of fused-ring (bicyclic) bond motifs is 1. The number of amides is 1. The van der Waals surface area contributed by atoms with E-state index >= 15 is 0 Å². The zero-order valence-corrected chi connectivity index (χ0v) is 19.4. The fraction of sp³-hybridized carbons (Fsp3) is 0.125. The molecule has 0 radical (unpaired) electrons. The van der Waals surface area contributed by atoms with Crippen LogP contribution in [0.25, 0.3) is 11.0 Å². The summed E-state index contributed by atoms with van der Waals surface area (Å²) in [5.41, 5.74) is 1.56. The lowest BCUT2D eigenvalue weighted by molar-refractivity contribution is -0.116. The smallest absolute Gasteiger partial charge is 0.244 e. The van der Waals surface area contributed by atoms with Crippen LogP contribution in [0.1, 0.15) is 11.3 Å². The van der Waals surface area contributed by atoms with Crippen molar-refractivity contribution in [1.29, 1.82) is 0 Å². The summed E-state index contributed by atoms with van der Waals surface area (Å²) in [6.45, 7) is 3.34. The van der Waals surface area contributed by atoms with Gasteiger partial charge in [0.25, 0.3) is 0 Å². The Labute approximate surface area is 195 Å². The van der Waals surface area contributed by atoms with Gasteiger partial charge in [-0.25, -0.2) is 13.4 Å². The molecule has 1 amide bonds. The van der Waals surface area contributed by atoms with E-state index in [1.165, 1.54) is 29.0 Å². The number of carbonyl (C=O) groups is 1. The topological polar surface area (TPSA) is 98.1 Å². The number of hydrogen-bond acceptors (Lipinski definition) is 5. The number of halogens is 1. The Morgan fingerprint density at radius 2 is 1.79 bits per heavy atom. The van der Waals surface area contributed by atoms with E-state index in [9.17, 15) is 18.0 Å². The fourth-order valence-electron chi connectivity index (χ4n) is 3.40. The van der Waals surface area contributed by atoms with E-state index in [0.717, 1.165) is 5.56 Å². The molecule has 0 aliphatic heterocycles. The van der Waals surface area contributed by atoms with Crippen LogP contribution in [0.3, 0.4) is 0 Å². The van der Waals surface area contributed by atoms with Crippen LogP contribution in [-0.2, 0) is 21.2 Å². The fourth-order valence-corrected chi connectivity index (χ4v) is 4.97. The minimum absolute atomic E-state index is 0.00757. The van der Waals surface area contributed by atoms with Crippen LogP contribution in [0.15, 0.2) is 81.4 Å². The van der Waals surface area contributed by atoms with E-state index in [1.807, 2.05) is 6.92 Å². The Morgan fingerprint density at radius 3 is 2.48 bits per heavy atom. The van der Waals surface area contributed by atoms with Crippen molar-refractivity contribution < 1.29 is 13.2 Å². The Kier molecular flexibility index (Phi) is 6.05. The van der Waals surface area contributed by atoms with Gasteiger partial charge >= 0.3 is 0 Å². The number of pyridine rings is 2. The van der Waals surface area contributed by atoms with E-state index in [2.05, 4.69) is 10.3 Å². The molecule has 2 heterocycles. The molecule has 7 nitrogen and oxygen atoms in total. The average Bonchev–Trinajstić information content (AvgIpc) is 2.78. The zero-order valence-electron chi connectivity index (χ0n) is 17.9. The summed E-state index contributed by atoms with van der Waals surface area (Å²) in [6.07, 6.45) is 1.18. The van der Waals surface area contributed by atoms with Gasteiger partial charge in [-0.1, -0.05) is 35.9 Å². The molecule has 33 heavy (non-hydrogen) atoms. The third-order valence-corrected chi connectivity index (χ3v) is 7.31. The summed E-state index contributed by atoms with van der Waals surface area (Å²) in [6, 6.07) is 16.0. The van der Waals surface area contributed by atoms with Gasteiger partial charge in [-0.15, -0.1) is 0 Å². The number of sulfone groups is 1. The maximum absolute atomic E-state index is 13.2. The summed E-state index contributed by atoms with van der Waals surface area (Å²) < 4.78 is 27.8. The third-order valence-electron chi connectivity index (χ3n) is 5.14. The minimum Gasteiger partial charge on any atom is -0.324 e. The molecule has 0 saturated carbocycles. The SMILES string of the molecule is Cc1ccc2c(=O)c(S(=O)(=O)c3ccccc3)cn(CC(=O)Nc3ccc(C)c(Cl)c3)c2n1. The van der Waals surface area contributed by atoms with Crippen molar-refractivity contribution in [3.8, 4) is 0 Å². The first-order valence-corrected chi connectivity index (χ1v) is 11.9. The van der Waals surface area contributed by atoms with Crippen molar-refractivity contribution in [3.63, 3.8) is 0 Å². The van der Waals surface area contributed by atoms with Gasteiger partial charge in [0.2, 0.25) is 21.2 Å². The van der Waals surface area contributed by atoms with Crippen molar-refractivity contribution >= 4 is 44.1 Å². The van der Waals surface area contributed by atoms with Crippen molar-refractivity contribution in [1.82, 2.24) is 9.55 Å². The van der Waals surface area contributed by atoms with E-state index in [-0.39, 0.29) is 22.5 Å². The van der Waals surface area contributed by atoms with E-state index in [0.29, 0.717) is 16.4 Å². The van der Waals surface area contributed by atoms with Gasteiger partial charge in [0, 0.05) is 22.6 Å². The first-order chi connectivity index (χ1) is 15.7. The second kappa shape index (κ2) is 8.80. The van der Waals surface area contributed by atoms with Crippen LogP contribution in [-0.4, -0.2) is 23.9 Å². The van der Waals surface area contributed by atoms with Gasteiger partial charge in [-0.2, -0.15) is 0 Å². The van der Waals surface area contributed by atoms with Gasteiger partial charge in [-0.05, 0) is 55.8 Å². The molecule has 0 spiro atoms. The summed E-state index contributed by atoms with van der Waals surface area (Å²) in [5.74, 6) is -0.425. The maximum Gasteiger partial charge on any atom is 0.244 e. The molecule has 2 aromatic carbocycles. The van der Waals surface area contributed by atoms with Crippen LogP contribution in [0.2, 0.25) is 5.02 Å². The number of aryl methyl sites for hydroxylation is 2. The molecule has 0 saturated heterocycles. The quantitative estimate of drug-likeness (QED) is 0.462. The van der Waals surface area contributed by atoms with Gasteiger partial charge in [0.15, 0.2) is 0 Å². The molecule has 0 aliphatic carbocycles. The third kappa shape index (κ3) is 4.53. The first-order valence-electron chi connectivity index (χ1n) is 10.0. The number of carbonyl (C=O) groups excluding carboxylic acids is 1. The van der Waals surface area contributed by atoms with Crippen LogP contribution >= 0.6 is 11.6 Å². The highest BCUT2D eigenvalue weighted by Crippen LogP contribution is 2.22. The van der Waals surface area contributed by atoms with Gasteiger partial charge in [0.1, 0.15) is 17.1 Å². The Bertz CT molecular complexity index is 1550. The van der Waals surface area contributed by atoms with Gasteiger partial charge < -0.3 is 9.88 Å². The largest absolute Gasteiger partial charge is 0.324 e. The second-order valence-electron chi connectivity index (χ2n) is 7.60. The van der Waals surface area contributed by atoms with Crippen molar-refractivity contribution in [2.75, 3.05) is 5.32 Å². The number of nitrogens with zero attached hydrogens (tertiary/aromatic N) is 2. The predicted octanol–water partition coefficient (Wildman–Crippen LogP) is 4.14. The molecule has 4 aromatic rings. The summed E-state index contributed by atoms with van der Waals surface area (Å²) in [4.78, 5) is 29.9. The lowest BCUT2D eigenvalue weighted by Gasteiger charge is -2.14. The van der Waals surface area contributed by atoms with E-state index < -0.39 is 26.1 Å². The summed E-state index contributed by atoms with van der Waals surface area (Å²) in [7, 11) is -4.11. The summed E-state index contributed by atoms with van der Waals surface area (Å²) >= 11 is 6.13. The summed E-state index contributed by atoms with van der Waals surface area (Å²) in [5, 5.41) is 3.37. The average molecular weight is 482 g/mol. The maximum atomic E-state index is 13.2. The molecule has 0 aliphatic rings.